The molecule has 0 amide bonds. The minimum atomic E-state index is -0.554. The van der Waals surface area contributed by atoms with Crippen LogP contribution in [-0.4, -0.2) is 6.16 Å². The number of nitrogens with zero attached hydrogens (tertiary/aromatic N) is 1. The summed E-state index contributed by atoms with van der Waals surface area (Å²) in [7, 11) is -0.554. The third kappa shape index (κ3) is 6.89. The van der Waals surface area contributed by atoms with Gasteiger partial charge in [0.2, 0.25) is 0 Å². The molecule has 1 atom stereocenters. The summed E-state index contributed by atoms with van der Waals surface area (Å²) in [6, 6.07) is 39.6. The number of hydrogen-bond donors (Lipinski definition) is 0. The van der Waals surface area contributed by atoms with Gasteiger partial charge >= 0.3 is 18.9 Å². The molecule has 1 nitrogen and oxygen atoms in total. The first-order valence-electron chi connectivity index (χ1n) is 12.3. The van der Waals surface area contributed by atoms with Gasteiger partial charge in [-0.1, -0.05) is 160 Å². The predicted octanol–water partition coefficient (Wildman–Crippen LogP) is 5.82. The Labute approximate surface area is 225 Å². The Bertz CT molecular complexity index is 1090. The number of benzene rings is 4. The molecule has 0 N–H and O–H groups in total. The van der Waals surface area contributed by atoms with Crippen molar-refractivity contribution in [2.24, 2.45) is 0 Å². The largest absolute Gasteiger partial charge is 1.00 e. The Kier molecular flexibility index (Phi) is 10.2. The maximum atomic E-state index is 5.58. The molecular formula is C32H35LiNP. The van der Waals surface area contributed by atoms with Gasteiger partial charge in [0.15, 0.2) is 0 Å². The number of hydrogen-bond acceptors (Lipinski definition) is 0. The van der Waals surface area contributed by atoms with Gasteiger partial charge in [-0.05, 0) is 36.5 Å². The van der Waals surface area contributed by atoms with Crippen LogP contribution in [0.1, 0.15) is 62.3 Å². The summed E-state index contributed by atoms with van der Waals surface area (Å²) >= 11 is 0. The minimum absolute atomic E-state index is 0. The number of para-hydroxylation sites is 1. The average molecular weight is 472 g/mol. The SMILES string of the molecule is CC(C)c1cccc(C(C)C)c1[N-]C(CP(c1ccccc1)c1ccccc1)c1ccccc1.[Li+]. The van der Waals surface area contributed by atoms with Crippen LogP contribution in [-0.2, 0) is 0 Å². The van der Waals surface area contributed by atoms with Crippen LogP contribution in [0.2, 0.25) is 0 Å². The molecule has 0 heterocycles. The van der Waals surface area contributed by atoms with Gasteiger partial charge in [0.25, 0.3) is 0 Å². The van der Waals surface area contributed by atoms with Crippen molar-refractivity contribution in [1.82, 2.24) is 0 Å². The van der Waals surface area contributed by atoms with E-state index in [4.69, 9.17) is 5.32 Å². The third-order valence-electron chi connectivity index (χ3n) is 6.30. The molecule has 0 fully saturated rings. The maximum Gasteiger partial charge on any atom is 1.00 e. The minimum Gasteiger partial charge on any atom is -0.677 e. The van der Waals surface area contributed by atoms with Crippen LogP contribution in [0.3, 0.4) is 0 Å². The maximum absolute atomic E-state index is 5.58. The van der Waals surface area contributed by atoms with Crippen LogP contribution >= 0.6 is 7.92 Å². The van der Waals surface area contributed by atoms with Crippen LogP contribution in [0.5, 0.6) is 0 Å². The van der Waals surface area contributed by atoms with E-state index >= 15 is 0 Å². The zero-order chi connectivity index (χ0) is 23.9. The van der Waals surface area contributed by atoms with E-state index in [-0.39, 0.29) is 24.9 Å². The quantitative estimate of drug-likeness (QED) is 0.216. The monoisotopic (exact) mass is 471 g/mol. The van der Waals surface area contributed by atoms with Crippen molar-refractivity contribution in [2.45, 2.75) is 45.6 Å². The van der Waals surface area contributed by atoms with E-state index in [1.165, 1.54) is 33.0 Å². The Morgan fingerprint density at radius 1 is 0.571 bits per heavy atom. The second kappa shape index (κ2) is 13.1. The van der Waals surface area contributed by atoms with Crippen LogP contribution in [0.15, 0.2) is 109 Å². The molecule has 0 spiro atoms. The topological polar surface area (TPSA) is 14.1 Å². The molecule has 0 bridgehead atoms. The normalized spacial score (nSPS) is 12.0. The zero-order valence-corrected chi connectivity index (χ0v) is 22.6. The van der Waals surface area contributed by atoms with Crippen molar-refractivity contribution in [1.29, 1.82) is 0 Å². The molecule has 0 aliphatic carbocycles. The van der Waals surface area contributed by atoms with Crippen molar-refractivity contribution in [3.63, 3.8) is 0 Å². The Morgan fingerprint density at radius 3 is 1.43 bits per heavy atom. The van der Waals surface area contributed by atoms with Crippen LogP contribution < -0.4 is 29.5 Å². The smallest absolute Gasteiger partial charge is 0.677 e. The summed E-state index contributed by atoms with van der Waals surface area (Å²) in [5, 5.41) is 8.39. The Balaban J connectivity index is 0.00000342. The van der Waals surface area contributed by atoms with Gasteiger partial charge in [0, 0.05) is 0 Å². The van der Waals surface area contributed by atoms with E-state index < -0.39 is 7.92 Å². The van der Waals surface area contributed by atoms with E-state index in [9.17, 15) is 0 Å². The van der Waals surface area contributed by atoms with Crippen molar-refractivity contribution < 1.29 is 18.9 Å². The molecule has 0 radical (unpaired) electrons. The molecule has 0 aliphatic heterocycles. The first-order chi connectivity index (χ1) is 16.5. The van der Waals surface area contributed by atoms with Gasteiger partial charge in [0.1, 0.15) is 0 Å². The Hall–Kier alpha value is -2.29. The van der Waals surface area contributed by atoms with Crippen LogP contribution in [0.25, 0.3) is 5.32 Å². The summed E-state index contributed by atoms with van der Waals surface area (Å²) in [5.41, 5.74) is 5.17. The first-order valence-corrected chi connectivity index (χ1v) is 13.8. The second-order valence-corrected chi connectivity index (χ2v) is 11.7. The number of rotatable bonds is 9. The van der Waals surface area contributed by atoms with Gasteiger partial charge < -0.3 is 5.32 Å². The van der Waals surface area contributed by atoms with Gasteiger partial charge in [-0.3, -0.25) is 0 Å². The molecule has 4 rings (SSSR count). The fourth-order valence-corrected chi connectivity index (χ4v) is 6.88. The molecule has 0 saturated heterocycles. The van der Waals surface area contributed by atoms with Gasteiger partial charge in [-0.25, -0.2) is 0 Å². The molecule has 0 aromatic heterocycles. The first kappa shape index (κ1) is 27.3. The fourth-order valence-electron chi connectivity index (χ4n) is 4.46. The van der Waals surface area contributed by atoms with Crippen molar-refractivity contribution in [3.05, 3.63) is 131 Å². The molecule has 0 saturated carbocycles. The summed E-state index contributed by atoms with van der Waals surface area (Å²) in [6.45, 7) is 9.10. The van der Waals surface area contributed by atoms with Gasteiger partial charge in [-0.2, -0.15) is 0 Å². The standard InChI is InChI=1S/C32H35NP.Li/c1-24(2)29-21-14-22-30(25(3)4)32(29)33-31(26-15-8-5-9-16-26)23-34(27-17-10-6-11-18-27)28-19-12-7-13-20-28;/h5-22,24-25,31H,23H2,1-4H3;/q-1;+1. The fraction of sp³-hybridized carbons (Fsp3) is 0.250. The van der Waals surface area contributed by atoms with Crippen molar-refractivity contribution in [2.75, 3.05) is 6.16 Å². The summed E-state index contributed by atoms with van der Waals surface area (Å²) in [4.78, 5) is 0. The van der Waals surface area contributed by atoms with E-state index in [1.807, 2.05) is 0 Å². The molecule has 0 aliphatic rings. The second-order valence-electron chi connectivity index (χ2n) is 9.43. The molecular weight excluding hydrogens is 436 g/mol. The predicted molar refractivity (Wildman–Crippen MR) is 151 cm³/mol. The molecule has 35 heavy (non-hydrogen) atoms. The average Bonchev–Trinajstić information content (AvgIpc) is 2.87. The van der Waals surface area contributed by atoms with E-state index in [0.29, 0.717) is 11.8 Å². The molecule has 4 aromatic carbocycles. The summed E-state index contributed by atoms with van der Waals surface area (Å²) < 4.78 is 0. The molecule has 4 aromatic rings. The summed E-state index contributed by atoms with van der Waals surface area (Å²) in [5.74, 6) is 0.859. The Morgan fingerprint density at radius 2 is 1.00 bits per heavy atom. The molecule has 174 valence electrons. The zero-order valence-electron chi connectivity index (χ0n) is 21.7. The van der Waals surface area contributed by atoms with Gasteiger partial charge in [-0.15, -0.1) is 5.69 Å². The van der Waals surface area contributed by atoms with Crippen LogP contribution in [0, 0.1) is 0 Å². The van der Waals surface area contributed by atoms with E-state index in [2.05, 4.69) is 137 Å². The molecule has 1 unspecified atom stereocenters. The molecule has 3 heteroatoms. The van der Waals surface area contributed by atoms with Gasteiger partial charge in [0.05, 0.1) is 0 Å². The van der Waals surface area contributed by atoms with Crippen LogP contribution in [0.4, 0.5) is 5.69 Å². The third-order valence-corrected chi connectivity index (χ3v) is 8.86. The summed E-state index contributed by atoms with van der Waals surface area (Å²) in [6.07, 6.45) is 0.983. The van der Waals surface area contributed by atoms with E-state index in [1.54, 1.807) is 0 Å². The van der Waals surface area contributed by atoms with Crippen molar-refractivity contribution in [3.8, 4) is 0 Å². The van der Waals surface area contributed by atoms with Crippen molar-refractivity contribution >= 4 is 24.2 Å². The van der Waals surface area contributed by atoms with E-state index in [0.717, 1.165) is 6.16 Å².